The van der Waals surface area contributed by atoms with Crippen molar-refractivity contribution in [3.8, 4) is 0 Å². The zero-order valence-electron chi connectivity index (χ0n) is 14.4. The van der Waals surface area contributed by atoms with Crippen LogP contribution in [-0.4, -0.2) is 53.8 Å². The van der Waals surface area contributed by atoms with Crippen LogP contribution >= 0.6 is 0 Å². The Morgan fingerprint density at radius 1 is 1.17 bits per heavy atom. The number of piperazine rings is 1. The van der Waals surface area contributed by atoms with Crippen LogP contribution in [0.25, 0.3) is 0 Å². The molecule has 0 spiro atoms. The molecule has 1 aliphatic rings. The molecule has 1 aromatic rings. The van der Waals surface area contributed by atoms with Crippen LogP contribution in [0.2, 0.25) is 0 Å². The van der Waals surface area contributed by atoms with E-state index < -0.39 is 0 Å². The summed E-state index contributed by atoms with van der Waals surface area (Å²) in [6, 6.07) is 6.38. The molecule has 0 aliphatic carbocycles. The third kappa shape index (κ3) is 4.54. The zero-order valence-corrected chi connectivity index (χ0v) is 14.4. The van der Waals surface area contributed by atoms with Crippen LogP contribution < -0.4 is 5.73 Å². The molecule has 1 heterocycles. The van der Waals surface area contributed by atoms with Gasteiger partial charge in [0.1, 0.15) is 5.82 Å². The first-order valence-electron chi connectivity index (χ1n) is 8.45. The number of primary amides is 1. The van der Waals surface area contributed by atoms with E-state index >= 15 is 0 Å². The van der Waals surface area contributed by atoms with E-state index in [1.807, 2.05) is 22.8 Å². The van der Waals surface area contributed by atoms with Crippen molar-refractivity contribution in [1.82, 2.24) is 9.80 Å². The van der Waals surface area contributed by atoms with Crippen molar-refractivity contribution < 1.29 is 14.0 Å². The fourth-order valence-electron chi connectivity index (χ4n) is 3.02. The minimum Gasteiger partial charge on any atom is -0.368 e. The first-order chi connectivity index (χ1) is 11.4. The van der Waals surface area contributed by atoms with Gasteiger partial charge in [0.05, 0.1) is 6.04 Å². The van der Waals surface area contributed by atoms with Crippen LogP contribution in [0.3, 0.4) is 0 Å². The van der Waals surface area contributed by atoms with Crippen molar-refractivity contribution in [2.75, 3.05) is 26.2 Å². The lowest BCUT2D eigenvalue weighted by molar-refractivity contribution is -0.137. The molecule has 5 nitrogen and oxygen atoms in total. The lowest BCUT2D eigenvalue weighted by Crippen LogP contribution is -2.55. The Kier molecular flexibility index (Phi) is 6.31. The van der Waals surface area contributed by atoms with Crippen LogP contribution in [0.15, 0.2) is 24.3 Å². The van der Waals surface area contributed by atoms with Crippen molar-refractivity contribution in [2.24, 2.45) is 11.7 Å². The fourth-order valence-corrected chi connectivity index (χ4v) is 3.02. The van der Waals surface area contributed by atoms with Gasteiger partial charge in [0.25, 0.3) is 0 Å². The molecule has 0 radical (unpaired) electrons. The maximum absolute atomic E-state index is 13.6. The van der Waals surface area contributed by atoms with E-state index in [0.29, 0.717) is 44.6 Å². The van der Waals surface area contributed by atoms with Crippen LogP contribution in [0, 0.1) is 11.7 Å². The number of nitrogens with zero attached hydrogens (tertiary/aromatic N) is 2. The van der Waals surface area contributed by atoms with Crippen molar-refractivity contribution in [1.29, 1.82) is 0 Å². The van der Waals surface area contributed by atoms with Gasteiger partial charge >= 0.3 is 0 Å². The highest BCUT2D eigenvalue weighted by atomic mass is 19.1. The largest absolute Gasteiger partial charge is 0.368 e. The molecule has 1 saturated heterocycles. The highest BCUT2D eigenvalue weighted by Crippen LogP contribution is 2.16. The quantitative estimate of drug-likeness (QED) is 0.855. The Morgan fingerprint density at radius 3 is 2.38 bits per heavy atom. The van der Waals surface area contributed by atoms with Crippen LogP contribution in [-0.2, 0) is 16.0 Å². The van der Waals surface area contributed by atoms with Gasteiger partial charge in [-0.15, -0.1) is 0 Å². The maximum Gasteiger partial charge on any atom is 0.234 e. The average Bonchev–Trinajstić information content (AvgIpc) is 2.59. The van der Waals surface area contributed by atoms with E-state index in [1.54, 1.807) is 19.1 Å². The molecule has 1 fully saturated rings. The number of hydrogen-bond donors (Lipinski definition) is 1. The van der Waals surface area contributed by atoms with Crippen LogP contribution in [0.1, 0.15) is 25.8 Å². The second kappa shape index (κ2) is 8.24. The molecular formula is C18H26FN3O2. The molecule has 0 bridgehead atoms. The van der Waals surface area contributed by atoms with Gasteiger partial charge in [0.2, 0.25) is 11.8 Å². The molecule has 132 valence electrons. The predicted molar refractivity (Wildman–Crippen MR) is 90.7 cm³/mol. The summed E-state index contributed by atoms with van der Waals surface area (Å²) < 4.78 is 13.6. The Hall–Kier alpha value is -1.95. The predicted octanol–water partition coefficient (Wildman–Crippen LogP) is 1.41. The second-order valence-electron chi connectivity index (χ2n) is 6.47. The Labute approximate surface area is 142 Å². The smallest absolute Gasteiger partial charge is 0.234 e. The fraction of sp³-hybridized carbons (Fsp3) is 0.556. The molecule has 0 aromatic heterocycles. The summed E-state index contributed by atoms with van der Waals surface area (Å²) in [6.45, 7) is 6.17. The van der Waals surface area contributed by atoms with Crippen molar-refractivity contribution in [3.05, 3.63) is 35.6 Å². The Morgan fingerprint density at radius 2 is 1.79 bits per heavy atom. The molecule has 1 aliphatic heterocycles. The van der Waals surface area contributed by atoms with Crippen LogP contribution in [0.4, 0.5) is 4.39 Å². The molecule has 2 rings (SSSR count). The summed E-state index contributed by atoms with van der Waals surface area (Å²) in [7, 11) is 0. The van der Waals surface area contributed by atoms with Gasteiger partial charge in [-0.25, -0.2) is 4.39 Å². The normalized spacial score (nSPS) is 18.2. The number of aryl methyl sites for hydroxylation is 1. The molecular weight excluding hydrogens is 309 g/mol. The summed E-state index contributed by atoms with van der Waals surface area (Å²) in [6.07, 6.45) is 1.18. The lowest BCUT2D eigenvalue weighted by atomic mass is 9.99. The van der Waals surface area contributed by atoms with Crippen LogP contribution in [0.5, 0.6) is 0 Å². The van der Waals surface area contributed by atoms with E-state index in [1.165, 1.54) is 6.07 Å². The summed E-state index contributed by atoms with van der Waals surface area (Å²) in [5.41, 5.74) is 5.97. The number of hydrogen-bond acceptors (Lipinski definition) is 3. The van der Waals surface area contributed by atoms with Gasteiger partial charge in [-0.3, -0.25) is 14.5 Å². The summed E-state index contributed by atoms with van der Waals surface area (Å²) >= 11 is 0. The van der Waals surface area contributed by atoms with Gasteiger partial charge in [0, 0.05) is 32.1 Å². The summed E-state index contributed by atoms with van der Waals surface area (Å²) in [4.78, 5) is 27.6. The number of benzene rings is 1. The molecule has 2 atom stereocenters. The number of nitrogens with two attached hydrogens (primary N) is 1. The third-order valence-corrected chi connectivity index (χ3v) is 4.81. The van der Waals surface area contributed by atoms with Gasteiger partial charge in [-0.05, 0) is 31.4 Å². The third-order valence-electron chi connectivity index (χ3n) is 4.81. The van der Waals surface area contributed by atoms with E-state index in [2.05, 4.69) is 0 Å². The minimum absolute atomic E-state index is 0.0951. The van der Waals surface area contributed by atoms with Crippen molar-refractivity contribution >= 4 is 11.8 Å². The molecule has 1 aromatic carbocycles. The standard InChI is InChI=1S/C18H26FN3O2/c1-13(7-8-15-5-3-4-6-16(15)19)18(24)22-11-9-21(10-12-22)14(2)17(20)23/h3-6,13-14H,7-12H2,1-2H3,(H2,20,23). The monoisotopic (exact) mass is 335 g/mol. The molecule has 0 saturated carbocycles. The highest BCUT2D eigenvalue weighted by Gasteiger charge is 2.28. The highest BCUT2D eigenvalue weighted by molar-refractivity contribution is 5.80. The van der Waals surface area contributed by atoms with E-state index in [4.69, 9.17) is 5.73 Å². The molecule has 6 heteroatoms. The molecule has 24 heavy (non-hydrogen) atoms. The van der Waals surface area contributed by atoms with Crippen molar-refractivity contribution in [2.45, 2.75) is 32.7 Å². The van der Waals surface area contributed by atoms with Gasteiger partial charge in [-0.2, -0.15) is 0 Å². The molecule has 2 unspecified atom stereocenters. The van der Waals surface area contributed by atoms with E-state index in [9.17, 15) is 14.0 Å². The Bertz CT molecular complexity index is 585. The van der Waals surface area contributed by atoms with E-state index in [0.717, 1.165) is 0 Å². The van der Waals surface area contributed by atoms with Gasteiger partial charge in [0.15, 0.2) is 0 Å². The summed E-state index contributed by atoms with van der Waals surface area (Å²) in [5, 5.41) is 0. The maximum atomic E-state index is 13.6. The number of halogens is 1. The van der Waals surface area contributed by atoms with E-state index in [-0.39, 0.29) is 29.6 Å². The average molecular weight is 335 g/mol. The van der Waals surface area contributed by atoms with Gasteiger partial charge in [-0.1, -0.05) is 25.1 Å². The summed E-state index contributed by atoms with van der Waals surface area (Å²) in [5.74, 6) is -0.610. The minimum atomic E-state index is -0.340. The molecule has 2 amide bonds. The second-order valence-corrected chi connectivity index (χ2v) is 6.47. The molecule has 2 N–H and O–H groups in total. The Balaban J connectivity index is 1.82. The first kappa shape index (κ1) is 18.4. The van der Waals surface area contributed by atoms with Crippen molar-refractivity contribution in [3.63, 3.8) is 0 Å². The number of carbonyl (C=O) groups excluding carboxylic acids is 2. The number of carbonyl (C=O) groups is 2. The van der Waals surface area contributed by atoms with Gasteiger partial charge < -0.3 is 10.6 Å². The lowest BCUT2D eigenvalue weighted by Gasteiger charge is -2.38. The number of rotatable bonds is 6. The number of amides is 2. The topological polar surface area (TPSA) is 66.6 Å². The SMILES string of the molecule is CC(CCc1ccccc1F)C(=O)N1CCN(C(C)C(N)=O)CC1. The zero-order chi connectivity index (χ0) is 17.7. The first-order valence-corrected chi connectivity index (χ1v) is 8.45.